The van der Waals surface area contributed by atoms with Gasteiger partial charge in [0, 0.05) is 0 Å². The third kappa shape index (κ3) is 3.86. The zero-order valence-electron chi connectivity index (χ0n) is 10.8. The molecule has 0 aliphatic carbocycles. The summed E-state index contributed by atoms with van der Waals surface area (Å²) >= 11 is 0. The molecule has 0 aromatic rings. The molecule has 0 spiro atoms. The van der Waals surface area contributed by atoms with Crippen LogP contribution in [0.2, 0.25) is 0 Å². The molecule has 0 bridgehead atoms. The van der Waals surface area contributed by atoms with Crippen LogP contribution in [0.1, 0.15) is 19.8 Å². The molecule has 1 heterocycles. The quantitative estimate of drug-likeness (QED) is 0.728. The van der Waals surface area contributed by atoms with E-state index in [1.54, 1.807) is 0 Å². The van der Waals surface area contributed by atoms with Gasteiger partial charge < -0.3 is 5.11 Å². The lowest BCUT2D eigenvalue weighted by Crippen LogP contribution is -2.63. The number of hydrogen-bond acceptors (Lipinski definition) is 5. The second-order valence-electron chi connectivity index (χ2n) is 4.93. The van der Waals surface area contributed by atoms with Crippen LogP contribution < -0.4 is 4.72 Å². The van der Waals surface area contributed by atoms with Crippen LogP contribution in [0, 0.1) is 0 Å². The van der Waals surface area contributed by atoms with E-state index in [9.17, 15) is 34.8 Å². The van der Waals surface area contributed by atoms with E-state index in [-0.39, 0.29) is 19.8 Å². The highest BCUT2D eigenvalue weighted by Crippen LogP contribution is 2.32. The second-order valence-corrected chi connectivity index (χ2v) is 9.19. The highest BCUT2D eigenvalue weighted by molar-refractivity contribution is 7.92. The van der Waals surface area contributed by atoms with Crippen LogP contribution in [0.4, 0.5) is 13.2 Å². The number of carboxylic acid groups (broad SMARTS) is 1. The summed E-state index contributed by atoms with van der Waals surface area (Å²) in [5.41, 5.74) is -3.66. The molecule has 124 valence electrons. The zero-order chi connectivity index (χ0) is 16.7. The van der Waals surface area contributed by atoms with Crippen molar-refractivity contribution in [2.24, 2.45) is 0 Å². The van der Waals surface area contributed by atoms with E-state index in [4.69, 9.17) is 5.11 Å². The molecule has 0 radical (unpaired) electrons. The Balaban J connectivity index is 3.02. The summed E-state index contributed by atoms with van der Waals surface area (Å²) in [4.78, 5) is 10.8. The third-order valence-corrected chi connectivity index (χ3v) is 7.04. The number of carbonyl (C=O) groups is 1. The molecule has 1 unspecified atom stereocenters. The Morgan fingerprint density at radius 3 is 2.00 bits per heavy atom. The third-order valence-electron chi connectivity index (χ3n) is 3.28. The van der Waals surface area contributed by atoms with E-state index in [0.717, 1.165) is 4.72 Å². The Kier molecular flexibility index (Phi) is 4.67. The second kappa shape index (κ2) is 5.39. The van der Waals surface area contributed by atoms with Crippen molar-refractivity contribution in [1.29, 1.82) is 0 Å². The first kappa shape index (κ1) is 18.2. The van der Waals surface area contributed by atoms with E-state index in [1.807, 2.05) is 0 Å². The van der Waals surface area contributed by atoms with Gasteiger partial charge in [-0.3, -0.25) is 0 Å². The molecule has 1 aliphatic heterocycles. The van der Waals surface area contributed by atoms with Crippen LogP contribution in [-0.2, 0) is 24.7 Å². The summed E-state index contributed by atoms with van der Waals surface area (Å²) in [6, 6.07) is 0. The first-order valence-electron chi connectivity index (χ1n) is 5.75. The first-order chi connectivity index (χ1) is 9.21. The van der Waals surface area contributed by atoms with E-state index < -0.39 is 54.3 Å². The molecule has 0 aromatic heterocycles. The highest BCUT2D eigenvalue weighted by atomic mass is 32.2. The first-order valence-corrected chi connectivity index (χ1v) is 9.11. The van der Waals surface area contributed by atoms with Crippen molar-refractivity contribution in [2.45, 2.75) is 36.7 Å². The molecule has 0 aromatic carbocycles. The largest absolute Gasteiger partial charge is 0.480 e. The van der Waals surface area contributed by atoms with E-state index in [1.165, 1.54) is 0 Å². The summed E-state index contributed by atoms with van der Waals surface area (Å²) in [7, 11) is -8.03. The van der Waals surface area contributed by atoms with Crippen molar-refractivity contribution in [2.75, 3.05) is 11.5 Å². The molecule has 1 fully saturated rings. The summed E-state index contributed by atoms with van der Waals surface area (Å²) < 4.78 is 85.6. The number of sulfonamides is 1. The lowest BCUT2D eigenvalue weighted by atomic mass is 10.0. The van der Waals surface area contributed by atoms with Crippen molar-refractivity contribution in [3.05, 3.63) is 0 Å². The number of nitrogens with one attached hydrogen (secondary N) is 1. The molecule has 0 amide bonds. The number of hydrogen-bond donors (Lipinski definition) is 2. The van der Waals surface area contributed by atoms with Gasteiger partial charge in [-0.1, -0.05) is 0 Å². The van der Waals surface area contributed by atoms with Crippen molar-refractivity contribution in [1.82, 2.24) is 4.72 Å². The van der Waals surface area contributed by atoms with Crippen molar-refractivity contribution < 1.29 is 39.9 Å². The zero-order valence-corrected chi connectivity index (χ0v) is 12.5. The van der Waals surface area contributed by atoms with Gasteiger partial charge in [0.1, 0.15) is 9.84 Å². The summed E-state index contributed by atoms with van der Waals surface area (Å²) in [5, 5.41) is 7.30. The number of aliphatic carboxylic acids is 1. The number of sulfone groups is 1. The fourth-order valence-electron chi connectivity index (χ4n) is 1.77. The van der Waals surface area contributed by atoms with Crippen LogP contribution in [0.5, 0.6) is 0 Å². The smallest absolute Gasteiger partial charge is 0.418 e. The average molecular weight is 353 g/mol. The van der Waals surface area contributed by atoms with Gasteiger partial charge in [0.25, 0.3) is 0 Å². The van der Waals surface area contributed by atoms with E-state index in [2.05, 4.69) is 0 Å². The highest BCUT2D eigenvalue weighted by Gasteiger charge is 2.60. The fourth-order valence-corrected chi connectivity index (χ4v) is 5.35. The number of carboxylic acids is 1. The van der Waals surface area contributed by atoms with Gasteiger partial charge in [-0.05, 0) is 19.8 Å². The molecule has 1 aliphatic rings. The van der Waals surface area contributed by atoms with E-state index >= 15 is 0 Å². The van der Waals surface area contributed by atoms with Crippen LogP contribution in [0.25, 0.3) is 0 Å². The Morgan fingerprint density at radius 2 is 1.67 bits per heavy atom. The maximum absolute atomic E-state index is 12.8. The lowest BCUT2D eigenvalue weighted by molar-refractivity contribution is -0.201. The number of halogens is 3. The van der Waals surface area contributed by atoms with Crippen molar-refractivity contribution >= 4 is 25.8 Å². The van der Waals surface area contributed by atoms with Gasteiger partial charge in [0.05, 0.1) is 16.8 Å². The summed E-state index contributed by atoms with van der Waals surface area (Å²) in [6.07, 6.45) is -6.08. The van der Waals surface area contributed by atoms with Crippen LogP contribution in [-0.4, -0.2) is 56.4 Å². The SMILES string of the molecule is CC(NS(=O)(=O)C1CCS(=O)(=O)CC1)(C(=O)O)C(F)(F)F. The molecule has 1 atom stereocenters. The molecule has 12 heteroatoms. The molecule has 1 saturated heterocycles. The molecule has 7 nitrogen and oxygen atoms in total. The van der Waals surface area contributed by atoms with Gasteiger partial charge in [-0.15, -0.1) is 0 Å². The van der Waals surface area contributed by atoms with Crippen molar-refractivity contribution in [3.8, 4) is 0 Å². The normalized spacial score (nSPS) is 23.4. The van der Waals surface area contributed by atoms with Gasteiger partial charge >= 0.3 is 12.1 Å². The van der Waals surface area contributed by atoms with Gasteiger partial charge in [0.2, 0.25) is 15.6 Å². The standard InChI is InChI=1S/C9H14F3NO6S2/c1-8(7(14)15,9(10,11)12)13-21(18,19)6-2-4-20(16,17)5-3-6/h6,13H,2-5H2,1H3,(H,14,15). The van der Waals surface area contributed by atoms with Crippen LogP contribution in [0.3, 0.4) is 0 Å². The van der Waals surface area contributed by atoms with Gasteiger partial charge in [-0.25, -0.2) is 21.6 Å². The summed E-state index contributed by atoms with van der Waals surface area (Å²) in [6.45, 7) is 0.201. The fraction of sp³-hybridized carbons (Fsp3) is 0.889. The maximum atomic E-state index is 12.8. The molecule has 2 N–H and O–H groups in total. The van der Waals surface area contributed by atoms with Gasteiger partial charge in [0.15, 0.2) is 0 Å². The Bertz CT molecular complexity index is 612. The minimum Gasteiger partial charge on any atom is -0.480 e. The molecule has 0 saturated carbocycles. The number of rotatable bonds is 4. The molecule has 1 rings (SSSR count). The summed E-state index contributed by atoms with van der Waals surface area (Å²) in [5.74, 6) is -3.31. The minimum atomic E-state index is -5.34. The molecule has 21 heavy (non-hydrogen) atoms. The predicted molar refractivity (Wildman–Crippen MR) is 65.8 cm³/mol. The Morgan fingerprint density at radius 1 is 1.24 bits per heavy atom. The van der Waals surface area contributed by atoms with Gasteiger partial charge in [-0.2, -0.15) is 17.9 Å². The lowest BCUT2D eigenvalue weighted by Gasteiger charge is -2.31. The van der Waals surface area contributed by atoms with E-state index in [0.29, 0.717) is 0 Å². The number of alkyl halides is 3. The van der Waals surface area contributed by atoms with Crippen molar-refractivity contribution in [3.63, 3.8) is 0 Å². The molecular weight excluding hydrogens is 339 g/mol. The molecular formula is C9H14F3NO6S2. The Hall–Kier alpha value is -0.880. The van der Waals surface area contributed by atoms with Crippen LogP contribution >= 0.6 is 0 Å². The Labute approximate surface area is 119 Å². The maximum Gasteiger partial charge on any atom is 0.418 e. The predicted octanol–water partition coefficient (Wildman–Crippen LogP) is -0.111. The minimum absolute atomic E-state index is 0.201. The average Bonchev–Trinajstić information content (AvgIpc) is 2.25. The van der Waals surface area contributed by atoms with Crippen LogP contribution in [0.15, 0.2) is 0 Å². The monoisotopic (exact) mass is 353 g/mol. The topological polar surface area (TPSA) is 118 Å².